The van der Waals surface area contributed by atoms with Gasteiger partial charge in [-0.15, -0.1) is 0 Å². The van der Waals surface area contributed by atoms with Crippen molar-refractivity contribution >= 4 is 11.4 Å². The van der Waals surface area contributed by atoms with E-state index in [1.807, 2.05) is 0 Å². The minimum atomic E-state index is -0.837. The van der Waals surface area contributed by atoms with Crippen LogP contribution in [0.25, 0.3) is 0 Å². The molecule has 0 radical (unpaired) electrons. The molecule has 94 valence electrons. The van der Waals surface area contributed by atoms with E-state index in [9.17, 15) is 14.5 Å². The van der Waals surface area contributed by atoms with Crippen molar-refractivity contribution in [2.75, 3.05) is 11.9 Å². The maximum atomic E-state index is 13.5. The first-order valence-electron chi connectivity index (χ1n) is 5.24. The van der Waals surface area contributed by atoms with Gasteiger partial charge in [-0.25, -0.2) is 0 Å². The molecule has 0 bridgehead atoms. The van der Waals surface area contributed by atoms with E-state index in [1.54, 1.807) is 24.3 Å². The summed E-state index contributed by atoms with van der Waals surface area (Å²) < 4.78 is 18.4. The number of benzene rings is 1. The van der Waals surface area contributed by atoms with Crippen molar-refractivity contribution in [2.45, 2.75) is 6.54 Å². The molecule has 5 nitrogen and oxygen atoms in total. The summed E-state index contributed by atoms with van der Waals surface area (Å²) >= 11 is 0. The van der Waals surface area contributed by atoms with Crippen LogP contribution in [0.5, 0.6) is 0 Å². The highest BCUT2D eigenvalue weighted by Crippen LogP contribution is 2.30. The first-order valence-corrected chi connectivity index (χ1v) is 5.24. The molecule has 2 aromatic rings. The van der Waals surface area contributed by atoms with E-state index >= 15 is 0 Å². The number of halogens is 1. The number of nitro groups is 1. The fourth-order valence-electron chi connectivity index (χ4n) is 1.73. The molecule has 0 saturated heterocycles. The first kappa shape index (κ1) is 12.1. The van der Waals surface area contributed by atoms with Gasteiger partial charge >= 0.3 is 5.69 Å². The van der Waals surface area contributed by atoms with Crippen LogP contribution in [0.15, 0.2) is 41.2 Å². The average molecular weight is 250 g/mol. The summed E-state index contributed by atoms with van der Waals surface area (Å²) in [5.41, 5.74) is 0.584. The quantitative estimate of drug-likeness (QED) is 0.618. The van der Waals surface area contributed by atoms with Crippen LogP contribution in [0.2, 0.25) is 0 Å². The molecule has 0 aliphatic carbocycles. The lowest BCUT2D eigenvalue weighted by molar-refractivity contribution is -0.386. The molecule has 0 fully saturated rings. The van der Waals surface area contributed by atoms with E-state index in [-0.39, 0.29) is 5.69 Å². The maximum Gasteiger partial charge on any atom is 0.327 e. The molecule has 1 aromatic carbocycles. The summed E-state index contributed by atoms with van der Waals surface area (Å²) in [4.78, 5) is 11.8. The van der Waals surface area contributed by atoms with Crippen molar-refractivity contribution in [2.24, 2.45) is 0 Å². The lowest BCUT2D eigenvalue weighted by Gasteiger charge is -2.18. The lowest BCUT2D eigenvalue weighted by Crippen LogP contribution is -2.17. The monoisotopic (exact) mass is 250 g/mol. The van der Waals surface area contributed by atoms with Crippen molar-refractivity contribution in [1.29, 1.82) is 0 Å². The highest BCUT2D eigenvalue weighted by Gasteiger charge is 2.22. The number of nitro benzene ring substituents is 1. The number of anilines is 1. The zero-order valence-electron chi connectivity index (χ0n) is 9.67. The molecule has 1 aromatic heterocycles. The Hall–Kier alpha value is -2.37. The lowest BCUT2D eigenvalue weighted by atomic mass is 10.2. The minimum Gasteiger partial charge on any atom is -0.472 e. The van der Waals surface area contributed by atoms with Gasteiger partial charge in [0, 0.05) is 19.2 Å². The molecule has 0 amide bonds. The van der Waals surface area contributed by atoms with E-state index in [0.717, 1.165) is 11.6 Å². The van der Waals surface area contributed by atoms with Crippen LogP contribution in [0.3, 0.4) is 0 Å². The predicted molar refractivity (Wildman–Crippen MR) is 63.9 cm³/mol. The minimum absolute atomic E-state index is 0.237. The van der Waals surface area contributed by atoms with Crippen LogP contribution in [0.4, 0.5) is 15.8 Å². The molecule has 0 unspecified atom stereocenters. The summed E-state index contributed by atoms with van der Waals surface area (Å²) in [7, 11) is 1.66. The summed E-state index contributed by atoms with van der Waals surface area (Å²) in [6.45, 7) is 0.404. The third kappa shape index (κ3) is 2.32. The number of rotatable bonds is 4. The molecule has 2 rings (SSSR count). The van der Waals surface area contributed by atoms with Gasteiger partial charge in [-0.3, -0.25) is 10.1 Å². The topological polar surface area (TPSA) is 59.5 Å². The Bertz CT molecular complexity index is 554. The Labute approximate surface area is 103 Å². The van der Waals surface area contributed by atoms with Gasteiger partial charge in [0.1, 0.15) is 5.69 Å². The molecule has 18 heavy (non-hydrogen) atoms. The van der Waals surface area contributed by atoms with Crippen molar-refractivity contribution in [3.8, 4) is 0 Å². The van der Waals surface area contributed by atoms with Gasteiger partial charge in [0.05, 0.1) is 17.4 Å². The average Bonchev–Trinajstić information content (AvgIpc) is 2.80. The van der Waals surface area contributed by atoms with E-state index in [4.69, 9.17) is 4.42 Å². The highest BCUT2D eigenvalue weighted by molar-refractivity contribution is 5.63. The predicted octanol–water partition coefficient (Wildman–Crippen LogP) is 2.96. The second kappa shape index (κ2) is 4.87. The molecule has 6 heteroatoms. The molecular formula is C12H11FN2O3. The zero-order valence-corrected chi connectivity index (χ0v) is 9.67. The molecule has 0 atom stereocenters. The van der Waals surface area contributed by atoms with E-state index < -0.39 is 16.4 Å². The number of nitrogens with zero attached hydrogens (tertiary/aromatic N) is 2. The van der Waals surface area contributed by atoms with Crippen LogP contribution in [0, 0.1) is 15.9 Å². The second-order valence-corrected chi connectivity index (χ2v) is 3.85. The Morgan fingerprint density at radius 3 is 2.83 bits per heavy atom. The van der Waals surface area contributed by atoms with Gasteiger partial charge in [0.25, 0.3) is 0 Å². The fourth-order valence-corrected chi connectivity index (χ4v) is 1.73. The molecule has 0 aliphatic rings. The van der Waals surface area contributed by atoms with Crippen molar-refractivity contribution in [1.82, 2.24) is 0 Å². The Balaban J connectivity index is 2.32. The standard InChI is InChI=1S/C12H11FN2O3/c1-14(7-9-5-6-18-8-9)11-4-2-3-10(13)12(11)15(16)17/h2-6,8H,7H2,1H3. The van der Waals surface area contributed by atoms with E-state index in [1.165, 1.54) is 18.4 Å². The van der Waals surface area contributed by atoms with Crippen LogP contribution >= 0.6 is 0 Å². The zero-order chi connectivity index (χ0) is 13.1. The molecular weight excluding hydrogens is 239 g/mol. The fraction of sp³-hybridized carbons (Fsp3) is 0.167. The highest BCUT2D eigenvalue weighted by atomic mass is 19.1. The number of furan rings is 1. The second-order valence-electron chi connectivity index (χ2n) is 3.85. The summed E-state index contributed by atoms with van der Waals surface area (Å²) in [6, 6.07) is 5.79. The summed E-state index contributed by atoms with van der Waals surface area (Å²) in [5, 5.41) is 10.9. The summed E-state index contributed by atoms with van der Waals surface area (Å²) in [6.07, 6.45) is 3.06. The Morgan fingerprint density at radius 1 is 1.44 bits per heavy atom. The Kier molecular flexibility index (Phi) is 3.27. The van der Waals surface area contributed by atoms with Crippen LogP contribution in [-0.2, 0) is 6.54 Å². The van der Waals surface area contributed by atoms with Crippen molar-refractivity contribution in [3.63, 3.8) is 0 Å². The molecule has 0 aliphatic heterocycles. The van der Waals surface area contributed by atoms with Gasteiger partial charge in [0.2, 0.25) is 5.82 Å². The molecule has 0 saturated carbocycles. The van der Waals surface area contributed by atoms with Gasteiger partial charge in [-0.2, -0.15) is 4.39 Å². The number of para-hydroxylation sites is 1. The largest absolute Gasteiger partial charge is 0.472 e. The number of hydrogen-bond acceptors (Lipinski definition) is 4. The van der Waals surface area contributed by atoms with Crippen LogP contribution in [-0.4, -0.2) is 12.0 Å². The third-order valence-corrected chi connectivity index (χ3v) is 2.56. The summed E-state index contributed by atoms with van der Waals surface area (Å²) in [5.74, 6) is -0.837. The van der Waals surface area contributed by atoms with Crippen molar-refractivity contribution in [3.05, 3.63) is 58.3 Å². The van der Waals surface area contributed by atoms with Crippen LogP contribution in [0.1, 0.15) is 5.56 Å². The van der Waals surface area contributed by atoms with Crippen LogP contribution < -0.4 is 4.90 Å². The molecule has 0 N–H and O–H groups in total. The van der Waals surface area contributed by atoms with E-state index in [2.05, 4.69) is 0 Å². The SMILES string of the molecule is CN(Cc1ccoc1)c1cccc(F)c1[N+](=O)[O-]. The smallest absolute Gasteiger partial charge is 0.327 e. The molecule has 0 spiro atoms. The van der Waals surface area contributed by atoms with Gasteiger partial charge < -0.3 is 9.32 Å². The van der Waals surface area contributed by atoms with Gasteiger partial charge in [-0.1, -0.05) is 6.07 Å². The molecule has 1 heterocycles. The first-order chi connectivity index (χ1) is 8.59. The third-order valence-electron chi connectivity index (χ3n) is 2.56. The van der Waals surface area contributed by atoms with Gasteiger partial charge in [-0.05, 0) is 18.2 Å². The van der Waals surface area contributed by atoms with E-state index in [0.29, 0.717) is 6.54 Å². The Morgan fingerprint density at radius 2 is 2.22 bits per heavy atom. The number of hydrogen-bond donors (Lipinski definition) is 0. The van der Waals surface area contributed by atoms with Gasteiger partial charge in [0.15, 0.2) is 0 Å². The normalized spacial score (nSPS) is 10.3. The maximum absolute atomic E-state index is 13.5. The van der Waals surface area contributed by atoms with Crippen molar-refractivity contribution < 1.29 is 13.7 Å².